The lowest BCUT2D eigenvalue weighted by Gasteiger charge is -2.27. The topological polar surface area (TPSA) is 91.1 Å². The largest absolute Gasteiger partial charge is 0.378 e. The molecule has 0 radical (unpaired) electrons. The van der Waals surface area contributed by atoms with Crippen LogP contribution in [0.3, 0.4) is 0 Å². The van der Waals surface area contributed by atoms with Gasteiger partial charge >= 0.3 is 0 Å². The van der Waals surface area contributed by atoms with Gasteiger partial charge in [-0.2, -0.15) is 5.26 Å². The van der Waals surface area contributed by atoms with Gasteiger partial charge in [-0.15, -0.1) is 0 Å². The van der Waals surface area contributed by atoms with Crippen LogP contribution in [0.5, 0.6) is 0 Å². The van der Waals surface area contributed by atoms with E-state index in [0.717, 1.165) is 0 Å². The van der Waals surface area contributed by atoms with Crippen molar-refractivity contribution in [3.8, 4) is 6.07 Å². The Morgan fingerprint density at radius 2 is 2.04 bits per heavy atom. The number of nitrogens with zero attached hydrogens (tertiary/aromatic N) is 4. The number of hydrogen-bond acceptors (Lipinski definition) is 6. The molecule has 0 atom stereocenters. The number of nitriles is 1. The fourth-order valence-electron chi connectivity index (χ4n) is 2.45. The van der Waals surface area contributed by atoms with Crippen molar-refractivity contribution in [1.82, 2.24) is 9.97 Å². The molecule has 2 aromatic rings. The highest BCUT2D eigenvalue weighted by Gasteiger charge is 2.18. The zero-order valence-electron chi connectivity index (χ0n) is 13.3. The number of para-hydroxylation sites is 1. The number of carbonyl (C=O) groups excluding carboxylic acids is 1. The fraction of sp³-hybridized carbons (Fsp3) is 0.294. The molecule has 1 N–H and O–H groups in total. The van der Waals surface area contributed by atoms with E-state index in [1.54, 1.807) is 30.3 Å². The van der Waals surface area contributed by atoms with Crippen molar-refractivity contribution in [2.75, 3.05) is 36.5 Å². The molecule has 1 aliphatic heterocycles. The van der Waals surface area contributed by atoms with Crippen molar-refractivity contribution >= 4 is 17.5 Å². The summed E-state index contributed by atoms with van der Waals surface area (Å²) in [4.78, 5) is 23.3. The predicted molar refractivity (Wildman–Crippen MR) is 88.9 cm³/mol. The number of rotatable bonds is 3. The summed E-state index contributed by atoms with van der Waals surface area (Å²) >= 11 is 0. The molecular weight excluding hydrogens is 306 g/mol. The molecule has 7 nitrogen and oxygen atoms in total. The Bertz CT molecular complexity index is 794. The standard InChI is InChI=1S/C17H17N5O2/c1-12-10-15(21-17(19-12)22-6-8-24-9-7-22)16(23)20-14-5-3-2-4-13(14)11-18/h2-5,10H,6-9H2,1H3,(H,20,23). The van der Waals surface area contributed by atoms with Gasteiger partial charge in [0.1, 0.15) is 11.8 Å². The van der Waals surface area contributed by atoms with Gasteiger partial charge in [0.25, 0.3) is 5.91 Å². The SMILES string of the molecule is Cc1cc(C(=O)Nc2ccccc2C#N)nc(N2CCOCC2)n1. The van der Waals surface area contributed by atoms with Gasteiger partial charge in [0.05, 0.1) is 24.5 Å². The molecule has 122 valence electrons. The van der Waals surface area contributed by atoms with Gasteiger partial charge in [0, 0.05) is 18.8 Å². The lowest BCUT2D eigenvalue weighted by molar-refractivity contribution is 0.102. The summed E-state index contributed by atoms with van der Waals surface area (Å²) in [6, 6.07) is 10.5. The van der Waals surface area contributed by atoms with Gasteiger partial charge in [0.2, 0.25) is 5.95 Å². The Kier molecular flexibility index (Phi) is 4.68. The molecule has 1 saturated heterocycles. The molecule has 3 rings (SSSR count). The van der Waals surface area contributed by atoms with Gasteiger partial charge in [-0.3, -0.25) is 4.79 Å². The molecule has 1 fully saturated rings. The number of hydrogen-bond donors (Lipinski definition) is 1. The third-order valence-electron chi connectivity index (χ3n) is 3.66. The molecule has 1 aromatic carbocycles. The van der Waals surface area contributed by atoms with E-state index in [-0.39, 0.29) is 11.6 Å². The second kappa shape index (κ2) is 7.06. The predicted octanol–water partition coefficient (Wildman–Crippen LogP) is 1.75. The Morgan fingerprint density at radius 1 is 1.29 bits per heavy atom. The van der Waals surface area contributed by atoms with E-state index in [1.807, 2.05) is 11.8 Å². The molecule has 24 heavy (non-hydrogen) atoms. The van der Waals surface area contributed by atoms with Crippen LogP contribution in [0.1, 0.15) is 21.7 Å². The van der Waals surface area contributed by atoms with Crippen LogP contribution in [0, 0.1) is 18.3 Å². The number of carbonyl (C=O) groups is 1. The Labute approximate surface area is 139 Å². The number of amides is 1. The average Bonchev–Trinajstić information content (AvgIpc) is 2.62. The normalized spacial score (nSPS) is 14.1. The maximum atomic E-state index is 12.5. The number of morpholine rings is 1. The minimum absolute atomic E-state index is 0.275. The lowest BCUT2D eigenvalue weighted by atomic mass is 10.2. The van der Waals surface area contributed by atoms with Crippen molar-refractivity contribution in [3.63, 3.8) is 0 Å². The molecule has 0 spiro atoms. The van der Waals surface area contributed by atoms with Crippen LogP contribution in [-0.4, -0.2) is 42.2 Å². The van der Waals surface area contributed by atoms with Gasteiger partial charge in [-0.1, -0.05) is 12.1 Å². The van der Waals surface area contributed by atoms with E-state index in [0.29, 0.717) is 49.2 Å². The second-order valence-corrected chi connectivity index (χ2v) is 5.41. The summed E-state index contributed by atoms with van der Waals surface area (Å²) in [5, 5.41) is 11.9. The number of nitrogens with one attached hydrogen (secondary N) is 1. The molecule has 0 saturated carbocycles. The molecule has 0 aliphatic carbocycles. The summed E-state index contributed by atoms with van der Waals surface area (Å²) in [5.41, 5.74) is 1.86. The van der Waals surface area contributed by atoms with Gasteiger partial charge in [0.15, 0.2) is 0 Å². The zero-order valence-corrected chi connectivity index (χ0v) is 13.3. The fourth-order valence-corrected chi connectivity index (χ4v) is 2.45. The summed E-state index contributed by atoms with van der Waals surface area (Å²) in [6.45, 7) is 4.46. The summed E-state index contributed by atoms with van der Waals surface area (Å²) in [7, 11) is 0. The van der Waals surface area contributed by atoms with Crippen LogP contribution in [0.2, 0.25) is 0 Å². The number of ether oxygens (including phenoxy) is 1. The number of benzene rings is 1. The molecule has 1 aliphatic rings. The van der Waals surface area contributed by atoms with Crippen LogP contribution in [0.25, 0.3) is 0 Å². The van der Waals surface area contributed by atoms with E-state index in [9.17, 15) is 4.79 Å². The molecule has 0 unspecified atom stereocenters. The monoisotopic (exact) mass is 323 g/mol. The molecule has 1 amide bonds. The van der Waals surface area contributed by atoms with Crippen LogP contribution < -0.4 is 10.2 Å². The van der Waals surface area contributed by atoms with Gasteiger partial charge in [-0.05, 0) is 25.1 Å². The van der Waals surface area contributed by atoms with Crippen molar-refractivity contribution in [2.45, 2.75) is 6.92 Å². The number of aromatic nitrogens is 2. The third-order valence-corrected chi connectivity index (χ3v) is 3.66. The highest BCUT2D eigenvalue weighted by atomic mass is 16.5. The third kappa shape index (κ3) is 3.50. The van der Waals surface area contributed by atoms with Crippen LogP contribution in [0.15, 0.2) is 30.3 Å². The minimum Gasteiger partial charge on any atom is -0.378 e. The first-order valence-electron chi connectivity index (χ1n) is 7.66. The van der Waals surface area contributed by atoms with E-state index in [1.165, 1.54) is 0 Å². The lowest BCUT2D eigenvalue weighted by Crippen LogP contribution is -2.37. The van der Waals surface area contributed by atoms with Crippen LogP contribution in [-0.2, 0) is 4.74 Å². The summed E-state index contributed by atoms with van der Waals surface area (Å²) < 4.78 is 5.33. The van der Waals surface area contributed by atoms with E-state index >= 15 is 0 Å². The molecular formula is C17H17N5O2. The first-order valence-corrected chi connectivity index (χ1v) is 7.66. The Morgan fingerprint density at radius 3 is 2.79 bits per heavy atom. The zero-order chi connectivity index (χ0) is 16.9. The Hall–Kier alpha value is -2.98. The molecule has 1 aromatic heterocycles. The van der Waals surface area contributed by atoms with Crippen LogP contribution >= 0.6 is 0 Å². The van der Waals surface area contributed by atoms with E-state index in [4.69, 9.17) is 10.00 Å². The quantitative estimate of drug-likeness (QED) is 0.925. The maximum Gasteiger partial charge on any atom is 0.274 e. The highest BCUT2D eigenvalue weighted by molar-refractivity contribution is 6.03. The average molecular weight is 323 g/mol. The number of anilines is 2. The van der Waals surface area contributed by atoms with Crippen molar-refractivity contribution in [2.24, 2.45) is 0 Å². The first kappa shape index (κ1) is 15.9. The van der Waals surface area contributed by atoms with Crippen LogP contribution in [0.4, 0.5) is 11.6 Å². The highest BCUT2D eigenvalue weighted by Crippen LogP contribution is 2.16. The van der Waals surface area contributed by atoms with Gasteiger partial charge in [-0.25, -0.2) is 9.97 Å². The molecule has 7 heteroatoms. The van der Waals surface area contributed by atoms with E-state index < -0.39 is 0 Å². The van der Waals surface area contributed by atoms with Gasteiger partial charge < -0.3 is 15.0 Å². The summed E-state index contributed by atoms with van der Waals surface area (Å²) in [6.07, 6.45) is 0. The Balaban J connectivity index is 1.84. The van der Waals surface area contributed by atoms with Crippen molar-refractivity contribution in [3.05, 3.63) is 47.3 Å². The summed E-state index contributed by atoms with van der Waals surface area (Å²) in [5.74, 6) is 0.162. The van der Waals surface area contributed by atoms with Crippen molar-refractivity contribution in [1.29, 1.82) is 5.26 Å². The molecule has 2 heterocycles. The molecule has 0 bridgehead atoms. The smallest absolute Gasteiger partial charge is 0.274 e. The first-order chi connectivity index (χ1) is 11.7. The second-order valence-electron chi connectivity index (χ2n) is 5.41. The maximum absolute atomic E-state index is 12.5. The van der Waals surface area contributed by atoms with Crippen molar-refractivity contribution < 1.29 is 9.53 Å². The van der Waals surface area contributed by atoms with E-state index in [2.05, 4.69) is 21.4 Å². The number of aryl methyl sites for hydroxylation is 1. The minimum atomic E-state index is -0.363.